The smallest absolute Gasteiger partial charge is 0.0669 e. The summed E-state index contributed by atoms with van der Waals surface area (Å²) in [6.45, 7) is 9.45. The number of hydrogen-bond acceptors (Lipinski definition) is 3. The molecule has 0 aliphatic carbocycles. The topological polar surface area (TPSA) is 44.3 Å². The first-order chi connectivity index (χ1) is 6.97. The van der Waals surface area contributed by atoms with E-state index in [4.69, 9.17) is 0 Å². The van der Waals surface area contributed by atoms with Crippen molar-refractivity contribution in [2.24, 2.45) is 5.41 Å². The number of aliphatic hydroxyl groups is 1. The van der Waals surface area contributed by atoms with E-state index in [1.807, 2.05) is 0 Å². The Labute approximate surface area is 93.6 Å². The van der Waals surface area contributed by atoms with Crippen molar-refractivity contribution < 1.29 is 5.11 Å². The van der Waals surface area contributed by atoms with E-state index in [1.54, 1.807) is 0 Å². The Bertz CT molecular complexity index is 171. The summed E-state index contributed by atoms with van der Waals surface area (Å²) in [5.74, 6) is 0. The Morgan fingerprint density at radius 3 is 2.47 bits per heavy atom. The first-order valence-corrected chi connectivity index (χ1v) is 6.09. The van der Waals surface area contributed by atoms with Gasteiger partial charge in [0, 0.05) is 12.6 Å². The first kappa shape index (κ1) is 12.9. The fourth-order valence-corrected chi connectivity index (χ4v) is 2.11. The van der Waals surface area contributed by atoms with Crippen molar-refractivity contribution in [3.05, 3.63) is 0 Å². The first-order valence-electron chi connectivity index (χ1n) is 6.09. The summed E-state index contributed by atoms with van der Waals surface area (Å²) in [6.07, 6.45) is 3.02. The second kappa shape index (κ2) is 5.83. The molecule has 1 unspecified atom stereocenters. The van der Waals surface area contributed by atoms with Gasteiger partial charge in [-0.25, -0.2) is 0 Å². The Balaban J connectivity index is 2.12. The molecule has 0 aromatic rings. The van der Waals surface area contributed by atoms with E-state index in [1.165, 1.54) is 12.8 Å². The van der Waals surface area contributed by atoms with Gasteiger partial charge in [-0.1, -0.05) is 20.8 Å². The van der Waals surface area contributed by atoms with Crippen LogP contribution < -0.4 is 10.6 Å². The third-order valence-corrected chi connectivity index (χ3v) is 2.83. The summed E-state index contributed by atoms with van der Waals surface area (Å²) in [5, 5.41) is 16.6. The van der Waals surface area contributed by atoms with Crippen molar-refractivity contribution in [1.29, 1.82) is 0 Å². The average Bonchev–Trinajstić information content (AvgIpc) is 2.14. The van der Waals surface area contributed by atoms with E-state index in [9.17, 15) is 5.11 Å². The Morgan fingerprint density at radius 1 is 1.33 bits per heavy atom. The maximum Gasteiger partial charge on any atom is 0.0669 e. The molecule has 1 rings (SSSR count). The minimum Gasteiger partial charge on any atom is -0.392 e. The average molecular weight is 214 g/mol. The van der Waals surface area contributed by atoms with Crippen LogP contribution in [0.15, 0.2) is 0 Å². The molecule has 0 bridgehead atoms. The van der Waals surface area contributed by atoms with Crippen LogP contribution in [0.1, 0.15) is 40.0 Å². The van der Waals surface area contributed by atoms with Gasteiger partial charge in [0.25, 0.3) is 0 Å². The molecule has 1 aliphatic rings. The zero-order chi connectivity index (χ0) is 11.3. The molecule has 1 saturated heterocycles. The summed E-state index contributed by atoms with van der Waals surface area (Å²) < 4.78 is 0. The monoisotopic (exact) mass is 214 g/mol. The zero-order valence-corrected chi connectivity index (χ0v) is 10.3. The van der Waals surface area contributed by atoms with Crippen LogP contribution in [-0.4, -0.2) is 36.9 Å². The summed E-state index contributed by atoms with van der Waals surface area (Å²) in [4.78, 5) is 0. The standard InChI is InChI=1S/C12H26N2O/c1-12(2,3)8-11(15)9-14-10-4-6-13-7-5-10/h10-11,13-15H,4-9H2,1-3H3. The fraction of sp³-hybridized carbons (Fsp3) is 1.00. The molecule has 3 nitrogen and oxygen atoms in total. The van der Waals surface area contributed by atoms with Gasteiger partial charge in [-0.3, -0.25) is 0 Å². The van der Waals surface area contributed by atoms with E-state index < -0.39 is 0 Å². The maximum atomic E-state index is 9.84. The Hall–Kier alpha value is -0.120. The molecule has 0 aromatic heterocycles. The third-order valence-electron chi connectivity index (χ3n) is 2.83. The second-order valence-corrected chi connectivity index (χ2v) is 5.85. The Morgan fingerprint density at radius 2 is 1.93 bits per heavy atom. The number of nitrogens with one attached hydrogen (secondary N) is 2. The predicted molar refractivity (Wildman–Crippen MR) is 64.0 cm³/mol. The van der Waals surface area contributed by atoms with Crippen LogP contribution in [0.3, 0.4) is 0 Å². The van der Waals surface area contributed by atoms with Crippen molar-refractivity contribution >= 4 is 0 Å². The lowest BCUT2D eigenvalue weighted by atomic mass is 9.89. The predicted octanol–water partition coefficient (Wildman–Crippen LogP) is 1.13. The molecule has 3 heteroatoms. The molecule has 0 radical (unpaired) electrons. The summed E-state index contributed by atoms with van der Waals surface area (Å²) in [6, 6.07) is 0.598. The van der Waals surface area contributed by atoms with Gasteiger partial charge >= 0.3 is 0 Å². The van der Waals surface area contributed by atoms with Crippen LogP contribution in [-0.2, 0) is 0 Å². The number of piperidine rings is 1. The summed E-state index contributed by atoms with van der Waals surface area (Å²) in [5.41, 5.74) is 0.217. The second-order valence-electron chi connectivity index (χ2n) is 5.85. The molecule has 3 N–H and O–H groups in total. The molecule has 1 heterocycles. The lowest BCUT2D eigenvalue weighted by Gasteiger charge is -2.27. The van der Waals surface area contributed by atoms with Crippen LogP contribution in [0.5, 0.6) is 0 Å². The van der Waals surface area contributed by atoms with E-state index in [0.29, 0.717) is 6.04 Å². The number of hydrogen-bond donors (Lipinski definition) is 3. The van der Waals surface area contributed by atoms with Gasteiger partial charge in [0.2, 0.25) is 0 Å². The minimum atomic E-state index is -0.208. The maximum absolute atomic E-state index is 9.84. The quantitative estimate of drug-likeness (QED) is 0.657. The van der Waals surface area contributed by atoms with Crippen LogP contribution in [0.25, 0.3) is 0 Å². The fourth-order valence-electron chi connectivity index (χ4n) is 2.11. The van der Waals surface area contributed by atoms with Gasteiger partial charge in [-0.05, 0) is 37.8 Å². The molecular weight excluding hydrogens is 188 g/mol. The van der Waals surface area contributed by atoms with Gasteiger partial charge in [0.05, 0.1) is 6.10 Å². The van der Waals surface area contributed by atoms with Gasteiger partial charge < -0.3 is 15.7 Å². The highest BCUT2D eigenvalue weighted by Gasteiger charge is 2.18. The van der Waals surface area contributed by atoms with E-state index >= 15 is 0 Å². The molecule has 90 valence electrons. The lowest BCUT2D eigenvalue weighted by molar-refractivity contribution is 0.115. The largest absolute Gasteiger partial charge is 0.392 e. The number of rotatable bonds is 4. The van der Waals surface area contributed by atoms with Crippen molar-refractivity contribution in [2.45, 2.75) is 52.2 Å². The van der Waals surface area contributed by atoms with Gasteiger partial charge in [0.1, 0.15) is 0 Å². The van der Waals surface area contributed by atoms with Crippen LogP contribution in [0, 0.1) is 5.41 Å². The summed E-state index contributed by atoms with van der Waals surface area (Å²) in [7, 11) is 0. The molecule has 0 spiro atoms. The highest BCUT2D eigenvalue weighted by molar-refractivity contribution is 4.77. The van der Waals surface area contributed by atoms with E-state index in [-0.39, 0.29) is 11.5 Å². The van der Waals surface area contributed by atoms with Gasteiger partial charge in [-0.15, -0.1) is 0 Å². The molecule has 0 amide bonds. The van der Waals surface area contributed by atoms with E-state index in [2.05, 4.69) is 31.4 Å². The molecule has 1 fully saturated rings. The van der Waals surface area contributed by atoms with Crippen molar-refractivity contribution in [2.75, 3.05) is 19.6 Å². The summed E-state index contributed by atoms with van der Waals surface area (Å²) >= 11 is 0. The normalized spacial score (nSPS) is 21.6. The highest BCUT2D eigenvalue weighted by atomic mass is 16.3. The van der Waals surface area contributed by atoms with E-state index in [0.717, 1.165) is 26.1 Å². The molecule has 15 heavy (non-hydrogen) atoms. The lowest BCUT2D eigenvalue weighted by Crippen LogP contribution is -2.43. The van der Waals surface area contributed by atoms with Crippen LogP contribution in [0.4, 0.5) is 0 Å². The van der Waals surface area contributed by atoms with Gasteiger partial charge in [0.15, 0.2) is 0 Å². The molecule has 1 atom stereocenters. The minimum absolute atomic E-state index is 0.208. The number of aliphatic hydroxyl groups excluding tert-OH is 1. The molecular formula is C12H26N2O. The SMILES string of the molecule is CC(C)(C)CC(O)CNC1CCNCC1. The van der Waals surface area contributed by atoms with Crippen LogP contribution in [0.2, 0.25) is 0 Å². The molecule has 1 aliphatic heterocycles. The third kappa shape index (κ3) is 6.13. The van der Waals surface area contributed by atoms with Gasteiger partial charge in [-0.2, -0.15) is 0 Å². The Kier molecular flexibility index (Phi) is 5.03. The highest BCUT2D eigenvalue weighted by Crippen LogP contribution is 2.20. The molecule has 0 saturated carbocycles. The van der Waals surface area contributed by atoms with Crippen molar-refractivity contribution in [3.8, 4) is 0 Å². The van der Waals surface area contributed by atoms with Crippen molar-refractivity contribution in [3.63, 3.8) is 0 Å². The van der Waals surface area contributed by atoms with Crippen LogP contribution >= 0.6 is 0 Å². The van der Waals surface area contributed by atoms with Crippen molar-refractivity contribution in [1.82, 2.24) is 10.6 Å². The molecule has 0 aromatic carbocycles. The zero-order valence-electron chi connectivity index (χ0n) is 10.3.